The molecule has 0 spiro atoms. The van der Waals surface area contributed by atoms with Gasteiger partial charge < -0.3 is 10.1 Å². The molecule has 1 N–H and O–H groups in total. The second-order valence-corrected chi connectivity index (χ2v) is 8.15. The normalized spacial score (nSPS) is 18.0. The van der Waals surface area contributed by atoms with E-state index < -0.39 is 0 Å². The minimum atomic E-state index is 0. The molecule has 0 amide bonds. The van der Waals surface area contributed by atoms with Crippen LogP contribution in [0, 0.1) is 12.0 Å². The van der Waals surface area contributed by atoms with Crippen molar-refractivity contribution in [2.75, 3.05) is 0 Å². The van der Waals surface area contributed by atoms with Crippen molar-refractivity contribution in [3.05, 3.63) is 77.7 Å². The molecule has 4 heteroatoms. The number of Topliss-reactive ketones (excluding diaryl/α,β-unsaturated/α-hetero) is 1. The first-order valence-electron chi connectivity index (χ1n) is 11.0. The maximum Gasteiger partial charge on any atom is 0.162 e. The van der Waals surface area contributed by atoms with Crippen LogP contribution in [0.5, 0.6) is 0 Å². The van der Waals surface area contributed by atoms with Crippen LogP contribution < -0.4 is 0 Å². The quantitative estimate of drug-likeness (QED) is 0.342. The average molecular weight is 591 g/mol. The molecule has 31 heavy (non-hydrogen) atoms. The van der Waals surface area contributed by atoms with Gasteiger partial charge in [-0.1, -0.05) is 31.2 Å². The Bertz CT molecular complexity index is 1080. The molecule has 1 radical (unpaired) electrons. The van der Waals surface area contributed by atoms with E-state index in [4.69, 9.17) is 0 Å². The Hall–Kier alpha value is -2.29. The fourth-order valence-corrected chi connectivity index (χ4v) is 4.46. The zero-order chi connectivity index (χ0) is 20.9. The molecule has 3 nitrogen and oxygen atoms in total. The van der Waals surface area contributed by atoms with Gasteiger partial charge in [0, 0.05) is 44.7 Å². The molecule has 5 rings (SSSR count). The van der Waals surface area contributed by atoms with E-state index in [-0.39, 0.29) is 25.9 Å². The smallest absolute Gasteiger partial charge is 0.162 e. The number of nitrogens with zero attached hydrogens (tertiary/aromatic N) is 1. The predicted octanol–water partition coefficient (Wildman–Crippen LogP) is 6.61. The Labute approximate surface area is 198 Å². The topological polar surface area (TPSA) is 50.2 Å². The van der Waals surface area contributed by atoms with Crippen LogP contribution >= 0.6 is 0 Å². The Kier molecular flexibility index (Phi) is 8.17. The van der Waals surface area contributed by atoms with E-state index in [1.807, 2.05) is 30.5 Å². The summed E-state index contributed by atoms with van der Waals surface area (Å²) in [4.78, 5) is 15.9. The van der Waals surface area contributed by atoms with Crippen LogP contribution in [0.25, 0.3) is 22.0 Å². The number of aromatic nitrogens is 1. The average Bonchev–Trinajstić information content (AvgIpc) is 2.79. The SMILES string of the molecule is CCc1ccc2cnc(-c3[c-]cccc3)cc2c1.O=C1CCCC2CCCC(O)=C12.[Ir]. The van der Waals surface area contributed by atoms with Gasteiger partial charge in [0.15, 0.2) is 5.78 Å². The molecule has 1 atom stereocenters. The molecule has 2 aromatic carbocycles. The first-order valence-corrected chi connectivity index (χ1v) is 11.0. The van der Waals surface area contributed by atoms with Gasteiger partial charge in [0.2, 0.25) is 0 Å². The molecule has 0 saturated heterocycles. The minimum Gasteiger partial charge on any atom is -0.512 e. The zero-order valence-electron chi connectivity index (χ0n) is 17.9. The Morgan fingerprint density at radius 1 is 1.06 bits per heavy atom. The van der Waals surface area contributed by atoms with Crippen molar-refractivity contribution in [2.45, 2.75) is 51.9 Å². The van der Waals surface area contributed by atoms with Gasteiger partial charge >= 0.3 is 0 Å². The summed E-state index contributed by atoms with van der Waals surface area (Å²) in [6.45, 7) is 2.17. The predicted molar refractivity (Wildman–Crippen MR) is 121 cm³/mol. The summed E-state index contributed by atoms with van der Waals surface area (Å²) in [7, 11) is 0. The molecule has 3 aromatic rings. The first-order chi connectivity index (χ1) is 14.7. The van der Waals surface area contributed by atoms with E-state index in [0.29, 0.717) is 18.1 Å². The Balaban J connectivity index is 0.000000183. The third-order valence-electron chi connectivity index (χ3n) is 6.12. The molecule has 163 valence electrons. The van der Waals surface area contributed by atoms with E-state index in [9.17, 15) is 9.90 Å². The number of ketones is 1. The first kappa shape index (κ1) is 23.4. The van der Waals surface area contributed by atoms with Gasteiger partial charge in [-0.25, -0.2) is 0 Å². The number of hydrogen-bond donors (Lipinski definition) is 1. The fraction of sp³-hybridized carbons (Fsp3) is 0.333. The second-order valence-electron chi connectivity index (χ2n) is 8.15. The number of fused-ring (bicyclic) bond motifs is 2. The molecule has 1 unspecified atom stereocenters. The number of allylic oxidation sites excluding steroid dienone is 2. The van der Waals surface area contributed by atoms with Crippen LogP contribution in [0.2, 0.25) is 0 Å². The van der Waals surface area contributed by atoms with Crippen molar-refractivity contribution in [1.29, 1.82) is 0 Å². The van der Waals surface area contributed by atoms with Gasteiger partial charge in [0.05, 0.1) is 5.76 Å². The number of aliphatic hydroxyl groups excluding tert-OH is 1. The number of aliphatic hydroxyl groups is 1. The van der Waals surface area contributed by atoms with Gasteiger partial charge in [-0.2, -0.15) is 0 Å². The van der Waals surface area contributed by atoms with Crippen molar-refractivity contribution < 1.29 is 30.0 Å². The Morgan fingerprint density at radius 2 is 1.87 bits per heavy atom. The molecular formula is C27H28IrNO2-. The van der Waals surface area contributed by atoms with E-state index >= 15 is 0 Å². The van der Waals surface area contributed by atoms with Gasteiger partial charge in [-0.3, -0.25) is 4.79 Å². The van der Waals surface area contributed by atoms with Gasteiger partial charge in [0.25, 0.3) is 0 Å². The number of pyridine rings is 1. The van der Waals surface area contributed by atoms with Crippen molar-refractivity contribution in [2.24, 2.45) is 5.92 Å². The summed E-state index contributed by atoms with van der Waals surface area (Å²) in [6, 6.07) is 19.8. The number of benzene rings is 2. The molecule has 1 aromatic heterocycles. The third-order valence-corrected chi connectivity index (χ3v) is 6.12. The number of aryl methyl sites for hydroxylation is 1. The summed E-state index contributed by atoms with van der Waals surface area (Å²) in [5, 5.41) is 12.0. The fourth-order valence-electron chi connectivity index (χ4n) is 4.46. The van der Waals surface area contributed by atoms with E-state index in [0.717, 1.165) is 55.4 Å². The number of hydrogen-bond acceptors (Lipinski definition) is 3. The number of carbonyl (C=O) groups is 1. The van der Waals surface area contributed by atoms with Crippen LogP contribution in [-0.4, -0.2) is 15.9 Å². The molecule has 1 heterocycles. The van der Waals surface area contributed by atoms with Crippen LogP contribution in [0.3, 0.4) is 0 Å². The second kappa shape index (κ2) is 10.8. The van der Waals surface area contributed by atoms with Gasteiger partial charge in [0.1, 0.15) is 0 Å². The molecule has 1 saturated carbocycles. The van der Waals surface area contributed by atoms with Crippen LogP contribution in [0.1, 0.15) is 51.0 Å². The summed E-state index contributed by atoms with van der Waals surface area (Å²) < 4.78 is 0. The molecule has 0 aliphatic heterocycles. The van der Waals surface area contributed by atoms with Crippen molar-refractivity contribution in [1.82, 2.24) is 4.98 Å². The largest absolute Gasteiger partial charge is 0.512 e. The molecule has 2 aliphatic rings. The van der Waals surface area contributed by atoms with Crippen molar-refractivity contribution in [3.8, 4) is 11.3 Å². The van der Waals surface area contributed by atoms with E-state index in [2.05, 4.69) is 42.2 Å². The van der Waals surface area contributed by atoms with Crippen molar-refractivity contribution >= 4 is 16.6 Å². The monoisotopic (exact) mass is 591 g/mol. The zero-order valence-corrected chi connectivity index (χ0v) is 20.3. The van der Waals surface area contributed by atoms with Crippen LogP contribution in [0.4, 0.5) is 0 Å². The molecule has 0 bridgehead atoms. The maximum absolute atomic E-state index is 11.4. The number of rotatable bonds is 2. The minimum absolute atomic E-state index is 0. The summed E-state index contributed by atoms with van der Waals surface area (Å²) >= 11 is 0. The van der Waals surface area contributed by atoms with E-state index in [1.165, 1.54) is 16.3 Å². The van der Waals surface area contributed by atoms with Gasteiger partial charge in [-0.15, -0.1) is 35.9 Å². The molecule has 1 fully saturated rings. The summed E-state index contributed by atoms with van der Waals surface area (Å²) in [5.74, 6) is 0.972. The van der Waals surface area contributed by atoms with Crippen LogP contribution in [-0.2, 0) is 31.3 Å². The van der Waals surface area contributed by atoms with Gasteiger partial charge in [-0.05, 0) is 60.1 Å². The Morgan fingerprint density at radius 3 is 2.58 bits per heavy atom. The third kappa shape index (κ3) is 5.50. The maximum atomic E-state index is 11.4. The van der Waals surface area contributed by atoms with Crippen molar-refractivity contribution in [3.63, 3.8) is 0 Å². The molecular weight excluding hydrogens is 563 g/mol. The van der Waals surface area contributed by atoms with E-state index in [1.54, 1.807) is 0 Å². The van der Waals surface area contributed by atoms with Crippen LogP contribution in [0.15, 0.2) is 66.1 Å². The summed E-state index contributed by atoms with van der Waals surface area (Å²) in [5.41, 5.74) is 4.15. The number of carbonyl (C=O) groups excluding carboxylic acids is 1. The standard InChI is InChI=1S/C17H14N.C10H14O2.Ir/c1-2-13-8-9-15-12-18-17(11-16(15)10-13)14-6-4-3-5-7-14;11-8-5-1-3-7-4-2-6-9(12)10(7)8;/h3-6,8-12H,2H2,1H3;7,11H,1-6H2;/q-1;;. The molecule has 2 aliphatic carbocycles. The summed E-state index contributed by atoms with van der Waals surface area (Å²) in [6.07, 6.45) is 8.63.